The van der Waals surface area contributed by atoms with Crippen molar-refractivity contribution in [1.29, 1.82) is 0 Å². The summed E-state index contributed by atoms with van der Waals surface area (Å²) in [7, 11) is 3.42. The number of nitrogens with one attached hydrogen (secondary N) is 1. The highest BCUT2D eigenvalue weighted by molar-refractivity contribution is 5.76. The van der Waals surface area contributed by atoms with Gasteiger partial charge in [0.25, 0.3) is 0 Å². The van der Waals surface area contributed by atoms with Crippen molar-refractivity contribution in [1.82, 2.24) is 10.4 Å². The summed E-state index contributed by atoms with van der Waals surface area (Å²) in [5.41, 5.74) is 2.55. The summed E-state index contributed by atoms with van der Waals surface area (Å²) >= 11 is 0. The number of hydrogen-bond donors (Lipinski definition) is 2. The molecule has 1 atom stereocenters. The highest BCUT2D eigenvalue weighted by Gasteiger charge is 2.12. The molecular formula is C8H16N2O3. The predicted octanol–water partition coefficient (Wildman–Crippen LogP) is 0.0801. The third-order valence-electron chi connectivity index (χ3n) is 1.41. The third kappa shape index (κ3) is 7.27. The van der Waals surface area contributed by atoms with Gasteiger partial charge in [0.1, 0.15) is 0 Å². The lowest BCUT2D eigenvalue weighted by Gasteiger charge is -2.13. The van der Waals surface area contributed by atoms with Gasteiger partial charge < -0.3 is 5.11 Å². The molecule has 0 saturated carbocycles. The number of nitrogens with zero attached hydrogens (tertiary/aromatic N) is 1. The van der Waals surface area contributed by atoms with E-state index in [0.717, 1.165) is 0 Å². The molecule has 0 radical (unpaired) electrons. The Labute approximate surface area is 77.7 Å². The Morgan fingerprint density at radius 2 is 1.92 bits per heavy atom. The fourth-order valence-electron chi connectivity index (χ4n) is 0.982. The van der Waals surface area contributed by atoms with Crippen LogP contribution in [0.4, 0.5) is 0 Å². The number of aliphatic carboxylic acids is 1. The molecule has 0 aliphatic heterocycles. The molecule has 0 bridgehead atoms. The molecule has 0 aliphatic carbocycles. The fourth-order valence-corrected chi connectivity index (χ4v) is 0.982. The summed E-state index contributed by atoms with van der Waals surface area (Å²) in [6.45, 7) is 1.74. The monoisotopic (exact) mass is 188 g/mol. The van der Waals surface area contributed by atoms with E-state index in [4.69, 9.17) is 5.11 Å². The van der Waals surface area contributed by atoms with Crippen LogP contribution in [0, 0.1) is 5.92 Å². The van der Waals surface area contributed by atoms with E-state index in [2.05, 4.69) is 5.43 Å². The molecule has 0 aliphatic rings. The van der Waals surface area contributed by atoms with Crippen molar-refractivity contribution in [2.45, 2.75) is 19.8 Å². The predicted molar refractivity (Wildman–Crippen MR) is 47.9 cm³/mol. The molecule has 2 N–H and O–H groups in total. The first-order chi connectivity index (χ1) is 5.91. The molecule has 0 rings (SSSR count). The van der Waals surface area contributed by atoms with Crippen LogP contribution in [0.3, 0.4) is 0 Å². The van der Waals surface area contributed by atoms with Crippen LogP contribution >= 0.6 is 0 Å². The van der Waals surface area contributed by atoms with Crippen LogP contribution in [0.2, 0.25) is 0 Å². The van der Waals surface area contributed by atoms with Gasteiger partial charge in [0.15, 0.2) is 0 Å². The second-order valence-corrected chi connectivity index (χ2v) is 3.34. The van der Waals surface area contributed by atoms with Gasteiger partial charge in [-0.25, -0.2) is 5.01 Å². The maximum absolute atomic E-state index is 11.1. The van der Waals surface area contributed by atoms with Gasteiger partial charge in [-0.3, -0.25) is 15.0 Å². The molecule has 0 fully saturated rings. The SMILES string of the molecule is CC(CC(=O)O)CC(=O)NN(C)C. The Kier molecular flexibility index (Phi) is 5.06. The van der Waals surface area contributed by atoms with Gasteiger partial charge >= 0.3 is 5.97 Å². The quantitative estimate of drug-likeness (QED) is 0.599. The van der Waals surface area contributed by atoms with Gasteiger partial charge in [0, 0.05) is 26.9 Å². The molecule has 0 heterocycles. The minimum absolute atomic E-state index is 0.0286. The van der Waals surface area contributed by atoms with Gasteiger partial charge in [0.2, 0.25) is 5.91 Å². The van der Waals surface area contributed by atoms with Crippen molar-refractivity contribution in [3.63, 3.8) is 0 Å². The molecular weight excluding hydrogens is 172 g/mol. The van der Waals surface area contributed by atoms with Gasteiger partial charge in [-0.05, 0) is 5.92 Å². The highest BCUT2D eigenvalue weighted by Crippen LogP contribution is 2.06. The molecule has 5 nitrogen and oxygen atoms in total. The summed E-state index contributed by atoms with van der Waals surface area (Å²) in [5.74, 6) is -1.15. The first kappa shape index (κ1) is 11.9. The summed E-state index contributed by atoms with van der Waals surface area (Å²) in [6, 6.07) is 0. The number of amides is 1. The first-order valence-electron chi connectivity index (χ1n) is 4.10. The number of hydrazine groups is 1. The summed E-state index contributed by atoms with van der Waals surface area (Å²) < 4.78 is 0. The van der Waals surface area contributed by atoms with E-state index >= 15 is 0 Å². The highest BCUT2D eigenvalue weighted by atomic mass is 16.4. The zero-order valence-electron chi connectivity index (χ0n) is 8.20. The fraction of sp³-hybridized carbons (Fsp3) is 0.750. The summed E-state index contributed by atoms with van der Waals surface area (Å²) in [6.07, 6.45) is 0.269. The number of hydrogen-bond acceptors (Lipinski definition) is 3. The average molecular weight is 188 g/mol. The van der Waals surface area contributed by atoms with Crippen LogP contribution in [-0.4, -0.2) is 36.1 Å². The van der Waals surface area contributed by atoms with E-state index in [0.29, 0.717) is 0 Å². The van der Waals surface area contributed by atoms with Crippen LogP contribution in [-0.2, 0) is 9.59 Å². The Morgan fingerprint density at radius 3 is 2.31 bits per heavy atom. The van der Waals surface area contributed by atoms with Crippen LogP contribution in [0.1, 0.15) is 19.8 Å². The lowest BCUT2D eigenvalue weighted by atomic mass is 10.0. The molecule has 0 spiro atoms. The van der Waals surface area contributed by atoms with E-state index < -0.39 is 5.97 Å². The summed E-state index contributed by atoms with van der Waals surface area (Å²) in [5, 5.41) is 9.97. The molecule has 13 heavy (non-hydrogen) atoms. The number of rotatable bonds is 5. The van der Waals surface area contributed by atoms with E-state index in [-0.39, 0.29) is 24.7 Å². The Bertz CT molecular complexity index is 192. The van der Waals surface area contributed by atoms with Crippen LogP contribution in [0.25, 0.3) is 0 Å². The average Bonchev–Trinajstić information content (AvgIpc) is 1.80. The number of carbonyl (C=O) groups is 2. The normalized spacial score (nSPS) is 12.6. The van der Waals surface area contributed by atoms with E-state index in [1.807, 2.05) is 0 Å². The van der Waals surface area contributed by atoms with Crippen molar-refractivity contribution >= 4 is 11.9 Å². The van der Waals surface area contributed by atoms with Gasteiger partial charge in [-0.2, -0.15) is 0 Å². The maximum atomic E-state index is 11.1. The van der Waals surface area contributed by atoms with Crippen molar-refractivity contribution in [3.8, 4) is 0 Å². The second-order valence-electron chi connectivity index (χ2n) is 3.34. The van der Waals surface area contributed by atoms with E-state index in [1.165, 1.54) is 5.01 Å². The molecule has 1 amide bonds. The molecule has 5 heteroatoms. The van der Waals surface area contributed by atoms with Crippen molar-refractivity contribution in [2.24, 2.45) is 5.92 Å². The molecule has 0 aromatic rings. The van der Waals surface area contributed by atoms with Crippen LogP contribution in [0.5, 0.6) is 0 Å². The molecule has 0 aromatic heterocycles. The number of carboxylic acids is 1. The lowest BCUT2D eigenvalue weighted by Crippen LogP contribution is -2.36. The maximum Gasteiger partial charge on any atom is 0.303 e. The van der Waals surface area contributed by atoms with E-state index in [1.54, 1.807) is 21.0 Å². The number of carboxylic acid groups (broad SMARTS) is 1. The van der Waals surface area contributed by atoms with Gasteiger partial charge in [0.05, 0.1) is 0 Å². The van der Waals surface area contributed by atoms with Crippen LogP contribution in [0.15, 0.2) is 0 Å². The van der Waals surface area contributed by atoms with Crippen LogP contribution < -0.4 is 5.43 Å². The first-order valence-corrected chi connectivity index (χ1v) is 4.10. The largest absolute Gasteiger partial charge is 0.481 e. The standard InChI is InChI=1S/C8H16N2O3/c1-6(5-8(12)13)4-7(11)9-10(2)3/h6H,4-5H2,1-3H3,(H,9,11)(H,12,13). The van der Waals surface area contributed by atoms with Crippen molar-refractivity contribution in [3.05, 3.63) is 0 Å². The zero-order chi connectivity index (χ0) is 10.4. The topological polar surface area (TPSA) is 69.6 Å². The Morgan fingerprint density at radius 1 is 1.38 bits per heavy atom. The summed E-state index contributed by atoms with van der Waals surface area (Å²) in [4.78, 5) is 21.4. The Balaban J connectivity index is 3.71. The number of carbonyl (C=O) groups excluding carboxylic acids is 1. The zero-order valence-corrected chi connectivity index (χ0v) is 8.20. The smallest absolute Gasteiger partial charge is 0.303 e. The molecule has 0 aromatic carbocycles. The van der Waals surface area contributed by atoms with Crippen molar-refractivity contribution in [2.75, 3.05) is 14.1 Å². The minimum atomic E-state index is -0.870. The minimum Gasteiger partial charge on any atom is -0.481 e. The lowest BCUT2D eigenvalue weighted by molar-refractivity contribution is -0.138. The van der Waals surface area contributed by atoms with E-state index in [9.17, 15) is 9.59 Å². The Hall–Kier alpha value is -1.10. The molecule has 76 valence electrons. The van der Waals surface area contributed by atoms with Crippen molar-refractivity contribution < 1.29 is 14.7 Å². The van der Waals surface area contributed by atoms with Gasteiger partial charge in [-0.1, -0.05) is 6.92 Å². The van der Waals surface area contributed by atoms with Gasteiger partial charge in [-0.15, -0.1) is 0 Å². The molecule has 1 unspecified atom stereocenters. The molecule has 0 saturated heterocycles. The second kappa shape index (κ2) is 5.53. The third-order valence-corrected chi connectivity index (χ3v) is 1.41.